The van der Waals surface area contributed by atoms with E-state index in [1.165, 1.54) is 0 Å². The molecule has 0 amide bonds. The predicted octanol–water partition coefficient (Wildman–Crippen LogP) is 1.98. The summed E-state index contributed by atoms with van der Waals surface area (Å²) in [6.07, 6.45) is 1.67. The van der Waals surface area contributed by atoms with E-state index in [1.54, 1.807) is 6.20 Å². The smallest absolute Gasteiger partial charge is 0.203 e. The minimum Gasteiger partial charge on any atom is -0.350 e. The van der Waals surface area contributed by atoms with Crippen LogP contribution in [0.5, 0.6) is 0 Å². The summed E-state index contributed by atoms with van der Waals surface area (Å²) in [7, 11) is 1.99. The number of benzene rings is 1. The van der Waals surface area contributed by atoms with Gasteiger partial charge in [-0.25, -0.2) is 4.98 Å². The number of nitrogens with zero attached hydrogens (tertiary/aromatic N) is 4. The quantitative estimate of drug-likeness (QED) is 0.759. The maximum absolute atomic E-state index is 4.53. The summed E-state index contributed by atoms with van der Waals surface area (Å²) < 4.78 is 2.03. The van der Waals surface area contributed by atoms with Gasteiger partial charge in [0.15, 0.2) is 0 Å². The van der Waals surface area contributed by atoms with Gasteiger partial charge in [0.05, 0.1) is 23.3 Å². The number of aryl methyl sites for hydroxylation is 1. The van der Waals surface area contributed by atoms with Gasteiger partial charge in [-0.05, 0) is 24.3 Å². The van der Waals surface area contributed by atoms with Gasteiger partial charge in [0.2, 0.25) is 5.95 Å². The molecule has 0 spiro atoms. The molecule has 0 fully saturated rings. The first-order valence-corrected chi connectivity index (χ1v) is 5.76. The van der Waals surface area contributed by atoms with Crippen LogP contribution in [0, 0.1) is 0 Å². The molecule has 0 atom stereocenters. The fourth-order valence-corrected chi connectivity index (χ4v) is 1.90. The van der Waals surface area contributed by atoms with Crippen molar-refractivity contribution < 1.29 is 0 Å². The minimum atomic E-state index is 0.616. The van der Waals surface area contributed by atoms with E-state index >= 15 is 0 Å². The zero-order chi connectivity index (χ0) is 12.4. The second-order valence-electron chi connectivity index (χ2n) is 4.05. The molecule has 0 saturated heterocycles. The van der Waals surface area contributed by atoms with Gasteiger partial charge in [0.25, 0.3) is 0 Å². The van der Waals surface area contributed by atoms with Crippen molar-refractivity contribution in [2.24, 2.45) is 7.05 Å². The van der Waals surface area contributed by atoms with Gasteiger partial charge in [-0.1, -0.05) is 12.1 Å². The summed E-state index contributed by atoms with van der Waals surface area (Å²) in [5.41, 5.74) is 2.99. The Labute approximate surface area is 104 Å². The van der Waals surface area contributed by atoms with E-state index < -0.39 is 0 Å². The fraction of sp³-hybridized carbons (Fsp3) is 0.154. The summed E-state index contributed by atoms with van der Waals surface area (Å²) in [4.78, 5) is 4.53. The topological polar surface area (TPSA) is 55.6 Å². The lowest BCUT2D eigenvalue weighted by Crippen LogP contribution is -2.06. The summed E-state index contributed by atoms with van der Waals surface area (Å²) in [6.45, 7) is 0.616. The van der Waals surface area contributed by atoms with E-state index in [1.807, 2.05) is 41.9 Å². The molecule has 1 aromatic carbocycles. The molecule has 5 heteroatoms. The Balaban J connectivity index is 1.85. The number of aromatic nitrogens is 4. The predicted molar refractivity (Wildman–Crippen MR) is 70.1 cm³/mol. The van der Waals surface area contributed by atoms with Crippen LogP contribution in [0.3, 0.4) is 0 Å². The highest BCUT2D eigenvalue weighted by molar-refractivity contribution is 5.78. The Bertz CT molecular complexity index is 659. The maximum atomic E-state index is 4.53. The lowest BCUT2D eigenvalue weighted by molar-refractivity contribution is 0.886. The summed E-state index contributed by atoms with van der Waals surface area (Å²) in [5, 5.41) is 11.1. The number of imidazole rings is 1. The Kier molecular flexibility index (Phi) is 2.64. The highest BCUT2D eigenvalue weighted by atomic mass is 15.2. The Morgan fingerprint density at radius 2 is 2.06 bits per heavy atom. The summed E-state index contributed by atoms with van der Waals surface area (Å²) in [6, 6.07) is 11.9. The van der Waals surface area contributed by atoms with Crippen LogP contribution in [-0.4, -0.2) is 19.7 Å². The molecule has 0 aliphatic carbocycles. The van der Waals surface area contributed by atoms with Gasteiger partial charge in [-0.3, -0.25) is 0 Å². The first kappa shape index (κ1) is 10.7. The second-order valence-corrected chi connectivity index (χ2v) is 4.05. The average molecular weight is 239 g/mol. The molecule has 90 valence electrons. The molecule has 0 bridgehead atoms. The lowest BCUT2D eigenvalue weighted by Gasteiger charge is -2.04. The monoisotopic (exact) mass is 239 g/mol. The third kappa shape index (κ3) is 1.90. The van der Waals surface area contributed by atoms with Crippen molar-refractivity contribution in [2.45, 2.75) is 6.54 Å². The number of hydrogen-bond acceptors (Lipinski definition) is 4. The van der Waals surface area contributed by atoms with E-state index in [-0.39, 0.29) is 0 Å². The highest BCUT2D eigenvalue weighted by Crippen LogP contribution is 2.17. The van der Waals surface area contributed by atoms with Crippen molar-refractivity contribution in [3.8, 4) is 0 Å². The van der Waals surface area contributed by atoms with E-state index in [9.17, 15) is 0 Å². The zero-order valence-corrected chi connectivity index (χ0v) is 10.0. The molecule has 3 aromatic rings. The Morgan fingerprint density at radius 1 is 1.17 bits per heavy atom. The number of fused-ring (bicyclic) bond motifs is 1. The SMILES string of the molecule is Cn1c(NCc2cccnn2)nc2ccccc21. The molecule has 0 saturated carbocycles. The first-order chi connectivity index (χ1) is 8.84. The van der Waals surface area contributed by atoms with E-state index in [0.717, 1.165) is 22.7 Å². The number of rotatable bonds is 3. The van der Waals surface area contributed by atoms with E-state index in [0.29, 0.717) is 6.54 Å². The zero-order valence-electron chi connectivity index (χ0n) is 10.0. The van der Waals surface area contributed by atoms with Crippen molar-refractivity contribution in [3.05, 3.63) is 48.3 Å². The molecular formula is C13H13N5. The second kappa shape index (κ2) is 4.44. The van der Waals surface area contributed by atoms with Crippen LogP contribution < -0.4 is 5.32 Å². The van der Waals surface area contributed by atoms with Crippen LogP contribution >= 0.6 is 0 Å². The van der Waals surface area contributed by atoms with Gasteiger partial charge >= 0.3 is 0 Å². The van der Waals surface area contributed by atoms with Gasteiger partial charge in [0, 0.05) is 13.2 Å². The molecule has 0 aliphatic heterocycles. The molecule has 2 heterocycles. The van der Waals surface area contributed by atoms with Crippen molar-refractivity contribution >= 4 is 17.0 Å². The van der Waals surface area contributed by atoms with E-state index in [4.69, 9.17) is 0 Å². The Morgan fingerprint density at radius 3 is 2.83 bits per heavy atom. The van der Waals surface area contributed by atoms with Crippen LogP contribution in [0.25, 0.3) is 11.0 Å². The Hall–Kier alpha value is -2.43. The summed E-state index contributed by atoms with van der Waals surface area (Å²) in [5.74, 6) is 0.835. The molecule has 3 rings (SSSR count). The minimum absolute atomic E-state index is 0.616. The molecule has 0 radical (unpaired) electrons. The summed E-state index contributed by atoms with van der Waals surface area (Å²) >= 11 is 0. The number of anilines is 1. The van der Waals surface area contributed by atoms with Crippen LogP contribution in [0.15, 0.2) is 42.6 Å². The third-order valence-corrected chi connectivity index (χ3v) is 2.84. The van der Waals surface area contributed by atoms with Crippen LogP contribution in [-0.2, 0) is 13.6 Å². The lowest BCUT2D eigenvalue weighted by atomic mass is 10.3. The molecule has 5 nitrogen and oxygen atoms in total. The fourth-order valence-electron chi connectivity index (χ4n) is 1.90. The van der Waals surface area contributed by atoms with Gasteiger partial charge < -0.3 is 9.88 Å². The first-order valence-electron chi connectivity index (χ1n) is 5.76. The van der Waals surface area contributed by atoms with Crippen LogP contribution in [0.2, 0.25) is 0 Å². The number of nitrogens with one attached hydrogen (secondary N) is 1. The third-order valence-electron chi connectivity index (χ3n) is 2.84. The number of hydrogen-bond donors (Lipinski definition) is 1. The largest absolute Gasteiger partial charge is 0.350 e. The van der Waals surface area contributed by atoms with Crippen LogP contribution in [0.4, 0.5) is 5.95 Å². The van der Waals surface area contributed by atoms with Crippen molar-refractivity contribution in [2.75, 3.05) is 5.32 Å². The molecule has 1 N–H and O–H groups in total. The molecule has 2 aromatic heterocycles. The van der Waals surface area contributed by atoms with Crippen molar-refractivity contribution in [3.63, 3.8) is 0 Å². The van der Waals surface area contributed by atoms with Gasteiger partial charge in [-0.2, -0.15) is 10.2 Å². The molecular weight excluding hydrogens is 226 g/mol. The highest BCUT2D eigenvalue weighted by Gasteiger charge is 2.06. The molecule has 0 unspecified atom stereocenters. The van der Waals surface area contributed by atoms with Crippen molar-refractivity contribution in [1.82, 2.24) is 19.7 Å². The van der Waals surface area contributed by atoms with Gasteiger partial charge in [0.1, 0.15) is 0 Å². The average Bonchev–Trinajstić information content (AvgIpc) is 2.75. The standard InChI is InChI=1S/C13H13N5/c1-18-12-7-3-2-6-11(12)16-13(18)14-9-10-5-4-8-15-17-10/h2-8H,9H2,1H3,(H,14,16). The van der Waals surface area contributed by atoms with Gasteiger partial charge in [-0.15, -0.1) is 0 Å². The van der Waals surface area contributed by atoms with E-state index in [2.05, 4.69) is 26.6 Å². The molecule has 18 heavy (non-hydrogen) atoms. The van der Waals surface area contributed by atoms with Crippen LogP contribution in [0.1, 0.15) is 5.69 Å². The molecule has 0 aliphatic rings. The van der Waals surface area contributed by atoms with Crippen molar-refractivity contribution in [1.29, 1.82) is 0 Å². The normalized spacial score (nSPS) is 10.7. The maximum Gasteiger partial charge on any atom is 0.203 e. The number of para-hydroxylation sites is 2.